The van der Waals surface area contributed by atoms with Crippen LogP contribution in [-0.2, 0) is 22.7 Å². The number of aliphatic imine (C=N–C) groups is 1. The second-order valence-electron chi connectivity index (χ2n) is 7.30. The summed E-state index contributed by atoms with van der Waals surface area (Å²) in [5, 5.41) is 0.687. The van der Waals surface area contributed by atoms with Gasteiger partial charge in [-0.25, -0.2) is 8.42 Å². The number of allylic oxidation sites excluding steroid dienone is 1. The van der Waals surface area contributed by atoms with Crippen LogP contribution in [0, 0.1) is 0 Å². The van der Waals surface area contributed by atoms with Crippen LogP contribution in [0.25, 0.3) is 0 Å². The Morgan fingerprint density at radius 3 is 2.61 bits per heavy atom. The Hall–Kier alpha value is -2.25. The van der Waals surface area contributed by atoms with E-state index in [2.05, 4.69) is 4.99 Å². The van der Waals surface area contributed by atoms with Gasteiger partial charge in [0.1, 0.15) is 5.00 Å². The molecule has 5 nitrogen and oxygen atoms in total. The molecule has 0 amide bonds. The number of hydrogen-bond acceptors (Lipinski definition) is 6. The Bertz CT molecular complexity index is 1080. The van der Waals surface area contributed by atoms with Gasteiger partial charge in [0.25, 0.3) is 0 Å². The van der Waals surface area contributed by atoms with Gasteiger partial charge >= 0.3 is 0 Å². The Morgan fingerprint density at radius 2 is 1.89 bits per heavy atom. The van der Waals surface area contributed by atoms with E-state index in [-0.39, 0.29) is 5.78 Å². The lowest BCUT2D eigenvalue weighted by molar-refractivity contribution is 0.103. The highest BCUT2D eigenvalue weighted by molar-refractivity contribution is 7.91. The number of sulfone groups is 1. The minimum absolute atomic E-state index is 0.0529. The lowest BCUT2D eigenvalue weighted by Gasteiger charge is -2.29. The zero-order valence-electron chi connectivity index (χ0n) is 15.9. The molecule has 0 N–H and O–H groups in total. The summed E-state index contributed by atoms with van der Waals surface area (Å²) in [5.74, 6) is -0.0529. The van der Waals surface area contributed by atoms with Crippen LogP contribution in [0.4, 0.5) is 5.00 Å². The molecular formula is C21H22N2O3S2. The summed E-state index contributed by atoms with van der Waals surface area (Å²) in [4.78, 5) is 20.6. The first kappa shape index (κ1) is 19.1. The molecule has 2 aliphatic rings. The van der Waals surface area contributed by atoms with Gasteiger partial charge < -0.3 is 4.90 Å². The molecule has 1 aliphatic carbocycles. The van der Waals surface area contributed by atoms with Crippen molar-refractivity contribution in [2.24, 2.45) is 4.99 Å². The predicted molar refractivity (Wildman–Crippen MR) is 114 cm³/mol. The van der Waals surface area contributed by atoms with E-state index in [1.54, 1.807) is 17.3 Å². The smallest absolute Gasteiger partial charge is 0.228 e. The van der Waals surface area contributed by atoms with E-state index >= 15 is 0 Å². The van der Waals surface area contributed by atoms with E-state index in [9.17, 15) is 13.2 Å². The van der Waals surface area contributed by atoms with Crippen LogP contribution in [-0.4, -0.2) is 32.2 Å². The molecule has 1 unspecified atom stereocenters. The number of thiophene rings is 1. The summed E-state index contributed by atoms with van der Waals surface area (Å²) in [6.07, 6.45) is 8.46. The van der Waals surface area contributed by atoms with Crippen molar-refractivity contribution in [3.8, 4) is 0 Å². The minimum atomic E-state index is -3.48. The van der Waals surface area contributed by atoms with Gasteiger partial charge in [-0.1, -0.05) is 30.3 Å². The molecule has 1 aromatic heterocycles. The third kappa shape index (κ3) is 3.44. The molecule has 1 aromatic carbocycles. The van der Waals surface area contributed by atoms with Crippen molar-refractivity contribution in [3.05, 3.63) is 63.7 Å². The van der Waals surface area contributed by atoms with Gasteiger partial charge in [-0.05, 0) is 43.7 Å². The number of rotatable bonds is 4. The molecule has 0 bridgehead atoms. The predicted octanol–water partition coefficient (Wildman–Crippen LogP) is 3.98. The molecule has 2 heterocycles. The standard InChI is InChI=1S/C21H22N2O3S2/c1-14-12-22-21(28(2,25)26)23(13-14)20-18(16-10-6-7-11-17(16)27-20)19(24)15-8-4-3-5-9-15/h3-5,8-9,12-13,21H,6-7,10-11H2,1-2H3. The van der Waals surface area contributed by atoms with Crippen LogP contribution in [0.2, 0.25) is 0 Å². The number of anilines is 1. The third-order valence-corrected chi connectivity index (χ3v) is 7.44. The van der Waals surface area contributed by atoms with Gasteiger partial charge in [0.15, 0.2) is 15.6 Å². The lowest BCUT2D eigenvalue weighted by atomic mass is 9.92. The first-order valence-corrected chi connectivity index (χ1v) is 12.1. The molecule has 0 saturated carbocycles. The second-order valence-corrected chi connectivity index (χ2v) is 10.5. The highest BCUT2D eigenvalue weighted by Gasteiger charge is 2.35. The zero-order valence-corrected chi connectivity index (χ0v) is 17.5. The van der Waals surface area contributed by atoms with E-state index in [1.807, 2.05) is 37.3 Å². The van der Waals surface area contributed by atoms with Crippen LogP contribution < -0.4 is 4.90 Å². The van der Waals surface area contributed by atoms with E-state index in [0.717, 1.165) is 36.8 Å². The SMILES string of the molecule is CC1=CN(c2sc3c(c2C(=O)c2ccccc2)CCCC3)C(S(C)(=O)=O)N=C1. The van der Waals surface area contributed by atoms with Crippen molar-refractivity contribution in [1.29, 1.82) is 0 Å². The van der Waals surface area contributed by atoms with E-state index in [0.29, 0.717) is 16.1 Å². The lowest BCUT2D eigenvalue weighted by Crippen LogP contribution is -2.38. The molecule has 0 fully saturated rings. The van der Waals surface area contributed by atoms with Gasteiger partial charge in [-0.15, -0.1) is 11.3 Å². The fraction of sp³-hybridized carbons (Fsp3) is 0.333. The van der Waals surface area contributed by atoms with Crippen molar-refractivity contribution in [1.82, 2.24) is 0 Å². The second kappa shape index (κ2) is 7.29. The van der Waals surface area contributed by atoms with Crippen molar-refractivity contribution in [2.75, 3.05) is 11.2 Å². The van der Waals surface area contributed by atoms with Gasteiger partial charge in [-0.3, -0.25) is 9.79 Å². The molecule has 1 atom stereocenters. The number of benzene rings is 1. The van der Waals surface area contributed by atoms with Crippen LogP contribution in [0.5, 0.6) is 0 Å². The first-order valence-electron chi connectivity index (χ1n) is 9.29. The van der Waals surface area contributed by atoms with Crippen LogP contribution in [0.1, 0.15) is 46.1 Å². The Kier molecular flexibility index (Phi) is 4.97. The third-order valence-electron chi connectivity index (χ3n) is 5.02. The zero-order chi connectivity index (χ0) is 19.9. The Labute approximate surface area is 169 Å². The molecule has 1 aliphatic heterocycles. The summed E-state index contributed by atoms with van der Waals surface area (Å²) in [7, 11) is -3.48. The number of nitrogens with zero attached hydrogens (tertiary/aromatic N) is 2. The molecule has 2 aromatic rings. The van der Waals surface area contributed by atoms with Gasteiger partial charge in [0.05, 0.1) is 5.56 Å². The van der Waals surface area contributed by atoms with Crippen LogP contribution in [0.3, 0.4) is 0 Å². The summed E-state index contributed by atoms with van der Waals surface area (Å²) in [6.45, 7) is 1.88. The average Bonchev–Trinajstić information content (AvgIpc) is 3.06. The molecule has 0 radical (unpaired) electrons. The largest absolute Gasteiger partial charge is 0.303 e. The molecule has 7 heteroatoms. The minimum Gasteiger partial charge on any atom is -0.303 e. The maximum Gasteiger partial charge on any atom is 0.228 e. The summed E-state index contributed by atoms with van der Waals surface area (Å²) < 4.78 is 24.8. The van der Waals surface area contributed by atoms with E-state index in [4.69, 9.17) is 0 Å². The van der Waals surface area contributed by atoms with E-state index in [1.165, 1.54) is 22.5 Å². The maximum atomic E-state index is 13.5. The number of ketones is 1. The fourth-order valence-electron chi connectivity index (χ4n) is 3.75. The summed E-state index contributed by atoms with van der Waals surface area (Å²) in [6, 6.07) is 9.19. The van der Waals surface area contributed by atoms with Crippen LogP contribution in [0.15, 0.2) is 47.1 Å². The average molecular weight is 415 g/mol. The molecule has 0 saturated heterocycles. The molecule has 4 rings (SSSR count). The highest BCUT2D eigenvalue weighted by atomic mass is 32.2. The maximum absolute atomic E-state index is 13.5. The molecule has 146 valence electrons. The quantitative estimate of drug-likeness (QED) is 0.710. The van der Waals surface area contributed by atoms with E-state index < -0.39 is 15.3 Å². The van der Waals surface area contributed by atoms with Crippen molar-refractivity contribution in [3.63, 3.8) is 0 Å². The molecular weight excluding hydrogens is 392 g/mol. The number of carbonyl (C=O) groups is 1. The van der Waals surface area contributed by atoms with Crippen molar-refractivity contribution in [2.45, 2.75) is 38.1 Å². The normalized spacial score (nSPS) is 19.3. The van der Waals surface area contributed by atoms with Crippen LogP contribution >= 0.6 is 11.3 Å². The number of hydrogen-bond donors (Lipinski definition) is 0. The first-order chi connectivity index (χ1) is 13.4. The fourth-order valence-corrected chi connectivity index (χ4v) is 6.06. The number of aryl methyl sites for hydroxylation is 1. The Balaban J connectivity index is 1.91. The van der Waals surface area contributed by atoms with Crippen molar-refractivity contribution < 1.29 is 13.2 Å². The van der Waals surface area contributed by atoms with Gasteiger partial charge in [0, 0.05) is 29.1 Å². The summed E-state index contributed by atoms with van der Waals surface area (Å²) in [5.41, 5.74) is 2.14. The van der Waals surface area contributed by atoms with Gasteiger partial charge in [-0.2, -0.15) is 0 Å². The highest BCUT2D eigenvalue weighted by Crippen LogP contribution is 2.43. The molecule has 0 spiro atoms. The number of fused-ring (bicyclic) bond motifs is 1. The Morgan fingerprint density at radius 1 is 1.18 bits per heavy atom. The van der Waals surface area contributed by atoms with Gasteiger partial charge in [0.2, 0.25) is 5.50 Å². The topological polar surface area (TPSA) is 66.8 Å². The number of carbonyl (C=O) groups excluding carboxylic acids is 1. The van der Waals surface area contributed by atoms with Crippen molar-refractivity contribution >= 4 is 38.2 Å². The molecule has 28 heavy (non-hydrogen) atoms. The monoisotopic (exact) mass is 414 g/mol. The summed E-state index contributed by atoms with van der Waals surface area (Å²) >= 11 is 1.54.